The minimum atomic E-state index is -0.141. The van der Waals surface area contributed by atoms with Crippen LogP contribution in [0.15, 0.2) is 24.8 Å². The molecular weight excluding hydrogens is 126 g/mol. The maximum absolute atomic E-state index is 5.60. The molecule has 1 aromatic rings. The first kappa shape index (κ1) is 6.89. The van der Waals surface area contributed by atoms with Gasteiger partial charge in [0.1, 0.15) is 5.82 Å². The molecular formula is C7H11N3. The molecule has 0 saturated carbocycles. The maximum atomic E-state index is 5.60. The van der Waals surface area contributed by atoms with Crippen LogP contribution in [0.3, 0.4) is 0 Å². The summed E-state index contributed by atoms with van der Waals surface area (Å²) in [5.74, 6) is 0.632. The Morgan fingerprint density at radius 1 is 1.60 bits per heavy atom. The molecule has 10 heavy (non-hydrogen) atoms. The van der Waals surface area contributed by atoms with Gasteiger partial charge < -0.3 is 16.5 Å². The molecule has 0 radical (unpaired) electrons. The minimum Gasteiger partial charge on any atom is -0.385 e. The molecule has 0 aliphatic heterocycles. The first-order chi connectivity index (χ1) is 4.74. The van der Waals surface area contributed by atoms with Crippen LogP contribution in [-0.4, -0.2) is 4.98 Å². The molecule has 3 heteroatoms. The summed E-state index contributed by atoms with van der Waals surface area (Å²) in [6, 6.07) is 3.48. The van der Waals surface area contributed by atoms with Crippen molar-refractivity contribution in [2.75, 3.05) is 5.73 Å². The molecule has 1 aromatic heterocycles. The van der Waals surface area contributed by atoms with Crippen molar-refractivity contribution >= 4 is 5.82 Å². The molecule has 0 aliphatic rings. The highest BCUT2D eigenvalue weighted by atomic mass is 14.9. The van der Waals surface area contributed by atoms with Gasteiger partial charge in [0.2, 0.25) is 0 Å². The van der Waals surface area contributed by atoms with E-state index in [0.29, 0.717) is 5.82 Å². The van der Waals surface area contributed by atoms with Crippen molar-refractivity contribution in [2.24, 2.45) is 5.73 Å². The van der Waals surface area contributed by atoms with Crippen molar-refractivity contribution in [3.05, 3.63) is 30.5 Å². The predicted molar refractivity (Wildman–Crippen MR) is 42.3 cm³/mol. The number of aromatic nitrogens is 1. The van der Waals surface area contributed by atoms with Crippen LogP contribution < -0.4 is 11.5 Å². The Labute approximate surface area is 59.7 Å². The van der Waals surface area contributed by atoms with Gasteiger partial charge >= 0.3 is 0 Å². The molecule has 0 aromatic carbocycles. The first-order valence-corrected chi connectivity index (χ1v) is 3.06. The zero-order chi connectivity index (χ0) is 7.56. The lowest BCUT2D eigenvalue weighted by molar-refractivity contribution is 0.878. The number of nitrogen functional groups attached to an aromatic ring is 1. The van der Waals surface area contributed by atoms with E-state index in [2.05, 4.69) is 11.6 Å². The third-order valence-electron chi connectivity index (χ3n) is 1.34. The number of aromatic amines is 1. The second-order valence-electron chi connectivity index (χ2n) is 2.13. The normalized spacial score (nSPS) is 12.9. The maximum Gasteiger partial charge on any atom is 0.100 e. The Hall–Kier alpha value is -1.22. The van der Waals surface area contributed by atoms with Crippen molar-refractivity contribution in [3.8, 4) is 0 Å². The van der Waals surface area contributed by atoms with Crippen LogP contribution in [-0.2, 0) is 0 Å². The van der Waals surface area contributed by atoms with E-state index < -0.39 is 0 Å². The quantitative estimate of drug-likeness (QED) is 0.527. The Morgan fingerprint density at radius 2 is 2.30 bits per heavy atom. The fraction of sp³-hybridized carbons (Fsp3) is 0.143. The van der Waals surface area contributed by atoms with Crippen LogP contribution in [0.2, 0.25) is 0 Å². The molecule has 0 fully saturated rings. The van der Waals surface area contributed by atoms with E-state index in [4.69, 9.17) is 11.5 Å². The van der Waals surface area contributed by atoms with Gasteiger partial charge in [0.25, 0.3) is 0 Å². The van der Waals surface area contributed by atoms with E-state index in [1.54, 1.807) is 12.1 Å². The third-order valence-corrected chi connectivity index (χ3v) is 1.34. The molecule has 1 heterocycles. The summed E-state index contributed by atoms with van der Waals surface area (Å²) in [5.41, 5.74) is 11.9. The highest BCUT2D eigenvalue weighted by Crippen LogP contribution is 2.10. The Balaban J connectivity index is 2.84. The lowest BCUT2D eigenvalue weighted by Crippen LogP contribution is -2.06. The molecule has 1 atom stereocenters. The number of anilines is 1. The lowest BCUT2D eigenvalue weighted by atomic mass is 10.2. The zero-order valence-corrected chi connectivity index (χ0v) is 5.67. The summed E-state index contributed by atoms with van der Waals surface area (Å²) < 4.78 is 0. The molecule has 0 aliphatic carbocycles. The van der Waals surface area contributed by atoms with Gasteiger partial charge in [0.05, 0.1) is 6.04 Å². The number of H-pyrrole nitrogens is 1. The summed E-state index contributed by atoms with van der Waals surface area (Å²) >= 11 is 0. The van der Waals surface area contributed by atoms with Crippen molar-refractivity contribution in [2.45, 2.75) is 6.04 Å². The molecule has 1 unspecified atom stereocenters. The number of hydrogen-bond donors (Lipinski definition) is 3. The van der Waals surface area contributed by atoms with Crippen LogP contribution in [0.1, 0.15) is 11.7 Å². The highest BCUT2D eigenvalue weighted by molar-refractivity contribution is 5.33. The smallest absolute Gasteiger partial charge is 0.100 e. The Bertz CT molecular complexity index is 227. The van der Waals surface area contributed by atoms with Gasteiger partial charge in [0.15, 0.2) is 0 Å². The fourth-order valence-corrected chi connectivity index (χ4v) is 0.751. The summed E-state index contributed by atoms with van der Waals surface area (Å²) in [6.45, 7) is 3.56. The second kappa shape index (κ2) is 2.58. The van der Waals surface area contributed by atoms with Crippen molar-refractivity contribution in [1.82, 2.24) is 4.98 Å². The summed E-state index contributed by atoms with van der Waals surface area (Å²) in [4.78, 5) is 2.91. The zero-order valence-electron chi connectivity index (χ0n) is 5.67. The number of hydrogen-bond acceptors (Lipinski definition) is 2. The predicted octanol–water partition coefficient (Wildman–Crippen LogP) is 0.783. The third kappa shape index (κ3) is 1.19. The van der Waals surface area contributed by atoms with Crippen LogP contribution in [0, 0.1) is 0 Å². The lowest BCUT2D eigenvalue weighted by Gasteiger charge is -2.00. The van der Waals surface area contributed by atoms with Gasteiger partial charge in [-0.2, -0.15) is 0 Å². The number of nitrogens with two attached hydrogens (primary N) is 2. The molecule has 3 nitrogen and oxygen atoms in total. The van der Waals surface area contributed by atoms with E-state index in [1.807, 2.05) is 6.07 Å². The number of nitrogens with one attached hydrogen (secondary N) is 1. The first-order valence-electron chi connectivity index (χ1n) is 3.06. The van der Waals surface area contributed by atoms with Crippen LogP contribution in [0.25, 0.3) is 0 Å². The van der Waals surface area contributed by atoms with Gasteiger partial charge in [-0.3, -0.25) is 0 Å². The van der Waals surface area contributed by atoms with E-state index in [9.17, 15) is 0 Å². The summed E-state index contributed by atoms with van der Waals surface area (Å²) in [6.07, 6.45) is 1.66. The van der Waals surface area contributed by atoms with E-state index in [-0.39, 0.29) is 6.04 Å². The fourth-order valence-electron chi connectivity index (χ4n) is 0.751. The summed E-state index contributed by atoms with van der Waals surface area (Å²) in [5, 5.41) is 0. The molecule has 0 amide bonds. The molecule has 0 saturated heterocycles. The molecule has 1 rings (SSSR count). The van der Waals surface area contributed by atoms with Crippen LogP contribution >= 0.6 is 0 Å². The van der Waals surface area contributed by atoms with Gasteiger partial charge in [-0.1, -0.05) is 6.08 Å². The Kier molecular flexibility index (Phi) is 1.78. The number of rotatable bonds is 2. The van der Waals surface area contributed by atoms with Gasteiger partial charge in [-0.25, -0.2) is 0 Å². The molecule has 0 bridgehead atoms. The van der Waals surface area contributed by atoms with E-state index in [1.165, 1.54) is 0 Å². The van der Waals surface area contributed by atoms with E-state index in [0.717, 1.165) is 5.69 Å². The average Bonchev–Trinajstić information content (AvgIpc) is 2.34. The van der Waals surface area contributed by atoms with Gasteiger partial charge in [-0.15, -0.1) is 6.58 Å². The highest BCUT2D eigenvalue weighted by Gasteiger charge is 2.00. The largest absolute Gasteiger partial charge is 0.385 e. The van der Waals surface area contributed by atoms with Crippen LogP contribution in [0.5, 0.6) is 0 Å². The minimum absolute atomic E-state index is 0.141. The van der Waals surface area contributed by atoms with E-state index >= 15 is 0 Å². The monoisotopic (exact) mass is 137 g/mol. The molecule has 54 valence electrons. The summed E-state index contributed by atoms with van der Waals surface area (Å²) in [7, 11) is 0. The average molecular weight is 137 g/mol. The SMILES string of the molecule is C=CC(N)c1ccc(N)[nH]1. The molecule has 0 spiro atoms. The van der Waals surface area contributed by atoms with Crippen LogP contribution in [0.4, 0.5) is 5.82 Å². The van der Waals surface area contributed by atoms with Gasteiger partial charge in [0, 0.05) is 5.69 Å². The van der Waals surface area contributed by atoms with Gasteiger partial charge in [-0.05, 0) is 12.1 Å². The van der Waals surface area contributed by atoms with Crippen molar-refractivity contribution in [3.63, 3.8) is 0 Å². The second-order valence-corrected chi connectivity index (χ2v) is 2.13. The standard InChI is InChI=1S/C7H11N3/c1-2-5(8)6-3-4-7(9)10-6/h2-5,10H,1,8-9H2. The van der Waals surface area contributed by atoms with Crippen molar-refractivity contribution in [1.29, 1.82) is 0 Å². The van der Waals surface area contributed by atoms with Crippen molar-refractivity contribution < 1.29 is 0 Å². The Morgan fingerprint density at radius 3 is 2.70 bits per heavy atom. The molecule has 5 N–H and O–H groups in total. The topological polar surface area (TPSA) is 67.8 Å².